The Morgan fingerprint density at radius 2 is 2.00 bits per heavy atom. The van der Waals surface area contributed by atoms with Crippen LogP contribution in [0, 0.1) is 6.92 Å². The first kappa shape index (κ1) is 12.0. The van der Waals surface area contributed by atoms with Crippen LogP contribution in [-0.2, 0) is 7.05 Å². The van der Waals surface area contributed by atoms with Gasteiger partial charge < -0.3 is 4.57 Å². The van der Waals surface area contributed by atoms with Crippen molar-refractivity contribution in [3.63, 3.8) is 0 Å². The summed E-state index contributed by atoms with van der Waals surface area (Å²) in [6, 6.07) is 0. The van der Waals surface area contributed by atoms with Crippen molar-refractivity contribution in [1.29, 1.82) is 0 Å². The Morgan fingerprint density at radius 1 is 1.29 bits per heavy atom. The second-order valence-electron chi connectivity index (χ2n) is 4.35. The molecule has 2 aromatic rings. The molecule has 0 radical (unpaired) electrons. The lowest BCUT2D eigenvalue weighted by Gasteiger charge is -2.12. The van der Waals surface area contributed by atoms with Crippen LogP contribution in [0.2, 0.25) is 5.15 Å². The molecule has 2 aromatic heterocycles. The molecule has 2 heterocycles. The van der Waals surface area contributed by atoms with Crippen LogP contribution >= 0.6 is 11.6 Å². The van der Waals surface area contributed by atoms with Crippen LogP contribution in [-0.4, -0.2) is 19.5 Å². The van der Waals surface area contributed by atoms with Crippen molar-refractivity contribution in [3.05, 3.63) is 28.8 Å². The summed E-state index contributed by atoms with van der Waals surface area (Å²) in [4.78, 5) is 13.0. The van der Waals surface area contributed by atoms with Gasteiger partial charge in [0, 0.05) is 30.7 Å². The highest BCUT2D eigenvalue weighted by atomic mass is 35.5. The minimum atomic E-state index is 0.318. The Kier molecular flexibility index (Phi) is 3.15. The van der Waals surface area contributed by atoms with Gasteiger partial charge in [-0.15, -0.1) is 0 Å². The first-order chi connectivity index (χ1) is 8.00. The normalized spacial score (nSPS) is 11.2. The number of aryl methyl sites for hydroxylation is 2. The fourth-order valence-electron chi connectivity index (χ4n) is 1.88. The zero-order valence-corrected chi connectivity index (χ0v) is 11.2. The molecule has 0 aliphatic heterocycles. The van der Waals surface area contributed by atoms with Gasteiger partial charge >= 0.3 is 0 Å². The molecule has 0 atom stereocenters. The van der Waals surface area contributed by atoms with Gasteiger partial charge in [-0.2, -0.15) is 0 Å². The lowest BCUT2D eigenvalue weighted by molar-refractivity contribution is 0.824. The smallest absolute Gasteiger partial charge is 0.197 e. The molecule has 0 unspecified atom stereocenters. The summed E-state index contributed by atoms with van der Waals surface area (Å²) < 4.78 is 1.88. The highest BCUT2D eigenvalue weighted by Crippen LogP contribution is 2.27. The monoisotopic (exact) mass is 250 g/mol. The number of imidazole rings is 1. The van der Waals surface area contributed by atoms with Crippen molar-refractivity contribution >= 4 is 11.6 Å². The molecule has 0 fully saturated rings. The lowest BCUT2D eigenvalue weighted by Crippen LogP contribution is -2.04. The predicted octanol–water partition coefficient (Wildman–Crippen LogP) is 2.96. The van der Waals surface area contributed by atoms with Crippen LogP contribution < -0.4 is 0 Å². The zero-order chi connectivity index (χ0) is 12.6. The third-order valence-corrected chi connectivity index (χ3v) is 2.98. The van der Waals surface area contributed by atoms with E-state index < -0.39 is 0 Å². The van der Waals surface area contributed by atoms with E-state index in [1.54, 1.807) is 6.20 Å². The molecule has 0 bridgehead atoms. The molecule has 0 aliphatic rings. The number of aromatic nitrogens is 4. The highest BCUT2D eigenvalue weighted by Gasteiger charge is 2.15. The molecule has 0 N–H and O–H groups in total. The van der Waals surface area contributed by atoms with Gasteiger partial charge in [-0.25, -0.2) is 15.0 Å². The number of hydrogen-bond donors (Lipinski definition) is 0. The number of nitrogens with zero attached hydrogens (tertiary/aromatic N) is 4. The van der Waals surface area contributed by atoms with E-state index in [-0.39, 0.29) is 0 Å². The second kappa shape index (κ2) is 4.45. The minimum Gasteiger partial charge on any atom is -0.331 e. The summed E-state index contributed by atoms with van der Waals surface area (Å²) in [6.07, 6.45) is 3.58. The minimum absolute atomic E-state index is 0.318. The van der Waals surface area contributed by atoms with Gasteiger partial charge in [-0.1, -0.05) is 25.4 Å². The molecule has 0 aromatic carbocycles. The Hall–Kier alpha value is -1.42. The van der Waals surface area contributed by atoms with Crippen molar-refractivity contribution in [2.24, 2.45) is 7.05 Å². The third kappa shape index (κ3) is 2.17. The Labute approximate surface area is 106 Å². The maximum atomic E-state index is 6.21. The summed E-state index contributed by atoms with van der Waals surface area (Å²) in [7, 11) is 1.91. The van der Waals surface area contributed by atoms with E-state index in [1.165, 1.54) is 0 Å². The molecular formula is C12H15ClN4. The molecular weight excluding hydrogens is 236 g/mol. The summed E-state index contributed by atoms with van der Waals surface area (Å²) >= 11 is 6.21. The van der Waals surface area contributed by atoms with Crippen LogP contribution in [0.4, 0.5) is 0 Å². The van der Waals surface area contributed by atoms with E-state index in [0.717, 1.165) is 17.1 Å². The second-order valence-corrected chi connectivity index (χ2v) is 4.71. The van der Waals surface area contributed by atoms with Crippen LogP contribution in [0.25, 0.3) is 11.6 Å². The molecule has 0 spiro atoms. The fourth-order valence-corrected chi connectivity index (χ4v) is 2.32. The van der Waals surface area contributed by atoms with Gasteiger partial charge in [-0.3, -0.25) is 0 Å². The van der Waals surface area contributed by atoms with Gasteiger partial charge in [0.15, 0.2) is 11.6 Å². The van der Waals surface area contributed by atoms with Crippen LogP contribution in [0.15, 0.2) is 12.4 Å². The average Bonchev–Trinajstić information content (AvgIpc) is 2.62. The predicted molar refractivity (Wildman–Crippen MR) is 68.1 cm³/mol. The maximum Gasteiger partial charge on any atom is 0.197 e. The standard InChI is InChI=1S/C12H15ClN4/c1-7(2)9-8(3)15-11(16-10(9)13)12-14-5-6-17(12)4/h5-7H,1-4H3. The number of halogens is 1. The largest absolute Gasteiger partial charge is 0.331 e. The molecule has 0 aliphatic carbocycles. The zero-order valence-electron chi connectivity index (χ0n) is 10.4. The average molecular weight is 251 g/mol. The maximum absolute atomic E-state index is 6.21. The molecule has 0 saturated heterocycles. The fraction of sp³-hybridized carbons (Fsp3) is 0.417. The van der Waals surface area contributed by atoms with Gasteiger partial charge in [-0.05, 0) is 12.8 Å². The SMILES string of the molecule is Cc1nc(-c2nccn2C)nc(Cl)c1C(C)C. The van der Waals surface area contributed by atoms with Crippen molar-refractivity contribution < 1.29 is 0 Å². The van der Waals surface area contributed by atoms with Gasteiger partial charge in [0.2, 0.25) is 0 Å². The molecule has 0 amide bonds. The van der Waals surface area contributed by atoms with Crippen LogP contribution in [0.3, 0.4) is 0 Å². The van der Waals surface area contributed by atoms with E-state index in [4.69, 9.17) is 11.6 Å². The van der Waals surface area contributed by atoms with E-state index in [9.17, 15) is 0 Å². The first-order valence-corrected chi connectivity index (χ1v) is 5.90. The van der Waals surface area contributed by atoms with Crippen LogP contribution in [0.1, 0.15) is 31.0 Å². The summed E-state index contributed by atoms with van der Waals surface area (Å²) in [5, 5.41) is 0.519. The van der Waals surface area contributed by atoms with Crippen molar-refractivity contribution in [3.8, 4) is 11.6 Å². The molecule has 90 valence electrons. The Balaban J connectivity index is 2.57. The summed E-state index contributed by atoms with van der Waals surface area (Å²) in [5.74, 6) is 1.62. The van der Waals surface area contributed by atoms with Gasteiger partial charge in [0.25, 0.3) is 0 Å². The van der Waals surface area contributed by atoms with Crippen LogP contribution in [0.5, 0.6) is 0 Å². The molecule has 0 saturated carbocycles. The number of rotatable bonds is 2. The molecule has 17 heavy (non-hydrogen) atoms. The van der Waals surface area contributed by atoms with Crippen molar-refractivity contribution in [1.82, 2.24) is 19.5 Å². The molecule has 5 heteroatoms. The van der Waals surface area contributed by atoms with Crippen molar-refractivity contribution in [2.75, 3.05) is 0 Å². The molecule has 4 nitrogen and oxygen atoms in total. The van der Waals surface area contributed by atoms with E-state index in [0.29, 0.717) is 16.9 Å². The summed E-state index contributed by atoms with van der Waals surface area (Å²) in [5.41, 5.74) is 1.92. The molecule has 2 rings (SSSR count). The van der Waals surface area contributed by atoms with Gasteiger partial charge in [0.05, 0.1) is 0 Å². The summed E-state index contributed by atoms with van der Waals surface area (Å²) in [6.45, 7) is 6.12. The number of hydrogen-bond acceptors (Lipinski definition) is 3. The van der Waals surface area contributed by atoms with E-state index >= 15 is 0 Å². The topological polar surface area (TPSA) is 43.6 Å². The lowest BCUT2D eigenvalue weighted by atomic mass is 10.0. The Bertz CT molecular complexity index is 522. The Morgan fingerprint density at radius 3 is 2.47 bits per heavy atom. The first-order valence-electron chi connectivity index (χ1n) is 5.52. The quantitative estimate of drug-likeness (QED) is 0.770. The van der Waals surface area contributed by atoms with E-state index in [1.807, 2.05) is 24.7 Å². The van der Waals surface area contributed by atoms with Crippen molar-refractivity contribution in [2.45, 2.75) is 26.7 Å². The van der Waals surface area contributed by atoms with Gasteiger partial charge in [0.1, 0.15) is 5.15 Å². The highest BCUT2D eigenvalue weighted by molar-refractivity contribution is 6.30. The van der Waals surface area contributed by atoms with E-state index in [2.05, 4.69) is 28.8 Å². The third-order valence-electron chi connectivity index (χ3n) is 2.69.